The summed E-state index contributed by atoms with van der Waals surface area (Å²) >= 11 is 1.81. The van der Waals surface area contributed by atoms with Gasteiger partial charge in [0.1, 0.15) is 5.54 Å². The number of benzene rings is 2. The molecular weight excluding hydrogens is 372 g/mol. The molecule has 6 heteroatoms. The fourth-order valence-corrected chi connectivity index (χ4v) is 4.83. The van der Waals surface area contributed by atoms with Gasteiger partial charge in [-0.25, -0.2) is 10.3 Å². The molecule has 2 aliphatic heterocycles. The third-order valence-corrected chi connectivity index (χ3v) is 6.53. The maximum Gasteiger partial charge on any atom is 0.351 e. The number of carbonyl (C=O) groups excluding carboxylic acids is 1. The van der Waals surface area contributed by atoms with Gasteiger partial charge in [-0.2, -0.15) is 0 Å². The Morgan fingerprint density at radius 2 is 1.96 bits per heavy atom. The Hall–Kier alpha value is -2.02. The van der Waals surface area contributed by atoms with Gasteiger partial charge in [0.05, 0.1) is 18.9 Å². The Labute approximate surface area is 170 Å². The predicted molar refractivity (Wildman–Crippen MR) is 113 cm³/mol. The zero-order valence-electron chi connectivity index (χ0n) is 16.5. The first kappa shape index (κ1) is 19.3. The molecule has 1 unspecified atom stereocenters. The monoisotopic (exact) mass is 398 g/mol. The highest BCUT2D eigenvalue weighted by molar-refractivity contribution is 8.00. The molecule has 4 rings (SSSR count). The third-order valence-electron chi connectivity index (χ3n) is 5.43. The minimum atomic E-state index is -0.714. The number of carbonyl (C=O) groups is 1. The second-order valence-electron chi connectivity index (χ2n) is 7.71. The van der Waals surface area contributed by atoms with E-state index in [2.05, 4.69) is 47.6 Å². The van der Waals surface area contributed by atoms with E-state index in [1.165, 1.54) is 10.3 Å². The molecule has 2 aromatic rings. The zero-order chi connectivity index (χ0) is 19.7. The Balaban J connectivity index is 1.57. The highest BCUT2D eigenvalue weighted by Gasteiger charge is 2.37. The van der Waals surface area contributed by atoms with Gasteiger partial charge in [-0.15, -0.1) is 11.8 Å². The smallest absolute Gasteiger partial charge is 0.351 e. The molecule has 28 heavy (non-hydrogen) atoms. The van der Waals surface area contributed by atoms with Gasteiger partial charge in [0.15, 0.2) is 0 Å². The van der Waals surface area contributed by atoms with Crippen molar-refractivity contribution in [2.24, 2.45) is 0 Å². The average molecular weight is 399 g/mol. The van der Waals surface area contributed by atoms with Crippen LogP contribution >= 0.6 is 11.8 Å². The number of fused-ring (bicyclic) bond motifs is 3. The predicted octanol–water partition coefficient (Wildman–Crippen LogP) is 3.83. The second-order valence-corrected chi connectivity index (χ2v) is 9.13. The van der Waals surface area contributed by atoms with Crippen LogP contribution in [-0.2, 0) is 14.4 Å². The SMILES string of the molecule is CC1C=C(NOC(=O)C(C)(C)N2CCOCC2)c2c(ccc3ccccc23)S1. The molecule has 1 atom stereocenters. The summed E-state index contributed by atoms with van der Waals surface area (Å²) in [5, 5.41) is 2.62. The van der Waals surface area contributed by atoms with Crippen LogP contribution in [0.1, 0.15) is 26.3 Å². The maximum atomic E-state index is 12.9. The van der Waals surface area contributed by atoms with Crippen molar-refractivity contribution in [2.45, 2.75) is 36.5 Å². The van der Waals surface area contributed by atoms with Crippen LogP contribution < -0.4 is 5.48 Å². The highest BCUT2D eigenvalue weighted by Crippen LogP contribution is 2.40. The Kier molecular flexibility index (Phi) is 5.36. The standard InChI is InChI=1S/C22H26N2O3S/c1-15-14-18(20-17-7-5-4-6-16(17)8-9-19(20)28-15)23-27-21(25)22(2,3)24-10-12-26-13-11-24/h4-9,14-15,23H,10-13H2,1-3H3. The van der Waals surface area contributed by atoms with Gasteiger partial charge in [-0.05, 0) is 43.7 Å². The quantitative estimate of drug-likeness (QED) is 0.790. The van der Waals surface area contributed by atoms with E-state index in [1.807, 2.05) is 37.7 Å². The summed E-state index contributed by atoms with van der Waals surface area (Å²) in [4.78, 5) is 21.8. The van der Waals surface area contributed by atoms with Crippen molar-refractivity contribution in [2.75, 3.05) is 26.3 Å². The number of ether oxygens (including phenoxy) is 1. The largest absolute Gasteiger partial charge is 0.379 e. The van der Waals surface area contributed by atoms with Crippen LogP contribution in [0.4, 0.5) is 0 Å². The molecule has 2 aromatic carbocycles. The Morgan fingerprint density at radius 1 is 1.21 bits per heavy atom. The molecule has 0 amide bonds. The molecule has 0 bridgehead atoms. The molecular formula is C22H26N2O3S. The van der Waals surface area contributed by atoms with Gasteiger partial charge in [-0.1, -0.05) is 30.3 Å². The summed E-state index contributed by atoms with van der Waals surface area (Å²) in [6.07, 6.45) is 2.12. The van der Waals surface area contributed by atoms with Gasteiger partial charge in [0.2, 0.25) is 0 Å². The number of hydroxylamine groups is 1. The van der Waals surface area contributed by atoms with E-state index in [4.69, 9.17) is 9.57 Å². The van der Waals surface area contributed by atoms with Crippen molar-refractivity contribution in [1.29, 1.82) is 0 Å². The molecule has 1 N–H and O–H groups in total. The van der Waals surface area contributed by atoms with E-state index < -0.39 is 5.54 Å². The first-order valence-corrected chi connectivity index (χ1v) is 10.6. The first-order chi connectivity index (χ1) is 13.5. The lowest BCUT2D eigenvalue weighted by atomic mass is 10.0. The highest BCUT2D eigenvalue weighted by atomic mass is 32.2. The molecule has 0 aromatic heterocycles. The lowest BCUT2D eigenvalue weighted by molar-refractivity contribution is -0.163. The van der Waals surface area contributed by atoms with Crippen LogP contribution in [0.15, 0.2) is 47.4 Å². The molecule has 1 saturated heterocycles. The molecule has 0 saturated carbocycles. The summed E-state index contributed by atoms with van der Waals surface area (Å²) in [5.41, 5.74) is 4.22. The number of thioether (sulfide) groups is 1. The van der Waals surface area contributed by atoms with Crippen molar-refractivity contribution in [1.82, 2.24) is 10.4 Å². The molecule has 148 valence electrons. The number of hydrogen-bond acceptors (Lipinski definition) is 6. The van der Waals surface area contributed by atoms with Crippen molar-refractivity contribution in [3.05, 3.63) is 48.0 Å². The molecule has 5 nitrogen and oxygen atoms in total. The molecule has 2 heterocycles. The van der Waals surface area contributed by atoms with Crippen molar-refractivity contribution in [3.63, 3.8) is 0 Å². The van der Waals surface area contributed by atoms with Gasteiger partial charge in [0.25, 0.3) is 0 Å². The van der Waals surface area contributed by atoms with Crippen molar-refractivity contribution in [3.8, 4) is 0 Å². The van der Waals surface area contributed by atoms with E-state index in [9.17, 15) is 4.79 Å². The minimum Gasteiger partial charge on any atom is -0.379 e. The summed E-state index contributed by atoms with van der Waals surface area (Å²) in [5.74, 6) is -0.289. The van der Waals surface area contributed by atoms with Gasteiger partial charge >= 0.3 is 5.97 Å². The van der Waals surface area contributed by atoms with Crippen LogP contribution in [0, 0.1) is 0 Å². The topological polar surface area (TPSA) is 50.8 Å². The van der Waals surface area contributed by atoms with Crippen LogP contribution in [0.25, 0.3) is 16.5 Å². The second kappa shape index (κ2) is 7.78. The van der Waals surface area contributed by atoms with Gasteiger partial charge in [0, 0.05) is 28.8 Å². The van der Waals surface area contributed by atoms with E-state index in [0.29, 0.717) is 18.5 Å². The molecule has 0 aliphatic carbocycles. The van der Waals surface area contributed by atoms with E-state index in [-0.39, 0.29) is 5.97 Å². The fraction of sp³-hybridized carbons (Fsp3) is 0.409. The molecule has 0 spiro atoms. The average Bonchev–Trinajstić information content (AvgIpc) is 2.71. The number of nitrogens with zero attached hydrogens (tertiary/aromatic N) is 1. The zero-order valence-corrected chi connectivity index (χ0v) is 17.3. The summed E-state index contributed by atoms with van der Waals surface area (Å²) < 4.78 is 5.40. The Morgan fingerprint density at radius 3 is 2.75 bits per heavy atom. The molecule has 0 radical (unpaired) electrons. The molecule has 2 aliphatic rings. The van der Waals surface area contributed by atoms with Crippen LogP contribution in [0.5, 0.6) is 0 Å². The van der Waals surface area contributed by atoms with Crippen molar-refractivity contribution < 1.29 is 14.4 Å². The summed E-state index contributed by atoms with van der Waals surface area (Å²) in [6.45, 7) is 8.69. The van der Waals surface area contributed by atoms with Crippen LogP contribution in [-0.4, -0.2) is 48.0 Å². The number of hydrogen-bond donors (Lipinski definition) is 1. The fourth-order valence-electron chi connectivity index (χ4n) is 3.74. The van der Waals surface area contributed by atoms with E-state index >= 15 is 0 Å². The normalized spacial score (nSPS) is 20.4. The van der Waals surface area contributed by atoms with Crippen molar-refractivity contribution >= 4 is 34.2 Å². The third kappa shape index (κ3) is 3.64. The lowest BCUT2D eigenvalue weighted by Gasteiger charge is -2.38. The summed E-state index contributed by atoms with van der Waals surface area (Å²) in [7, 11) is 0. The van der Waals surface area contributed by atoms with Crippen LogP contribution in [0.2, 0.25) is 0 Å². The summed E-state index contributed by atoms with van der Waals surface area (Å²) in [6, 6.07) is 12.6. The van der Waals surface area contributed by atoms with E-state index in [1.54, 1.807) is 0 Å². The van der Waals surface area contributed by atoms with Crippen LogP contribution in [0.3, 0.4) is 0 Å². The number of rotatable bonds is 4. The number of nitrogens with one attached hydrogen (secondary N) is 1. The van der Waals surface area contributed by atoms with Gasteiger partial charge in [-0.3, -0.25) is 4.90 Å². The first-order valence-electron chi connectivity index (χ1n) is 9.67. The minimum absolute atomic E-state index is 0.289. The lowest BCUT2D eigenvalue weighted by Crippen LogP contribution is -2.55. The van der Waals surface area contributed by atoms with E-state index in [0.717, 1.165) is 29.7 Å². The Bertz CT molecular complexity index is 919. The maximum absolute atomic E-state index is 12.9. The van der Waals surface area contributed by atoms with Gasteiger partial charge < -0.3 is 9.57 Å². The number of morpholine rings is 1. The molecule has 1 fully saturated rings.